The number of amides is 2. The number of anilines is 1. The van der Waals surface area contributed by atoms with Gasteiger partial charge in [-0.3, -0.25) is 4.90 Å². The predicted octanol–water partition coefficient (Wildman–Crippen LogP) is 4.60. The van der Waals surface area contributed by atoms with Gasteiger partial charge in [0.05, 0.1) is 16.7 Å². The van der Waals surface area contributed by atoms with Crippen LogP contribution in [0.4, 0.5) is 14.9 Å². The molecule has 3 aliphatic rings. The van der Waals surface area contributed by atoms with E-state index in [0.717, 1.165) is 58.4 Å². The Bertz CT molecular complexity index is 1130. The Morgan fingerprint density at radius 1 is 1.29 bits per heavy atom. The van der Waals surface area contributed by atoms with Gasteiger partial charge < -0.3 is 15.5 Å². The summed E-state index contributed by atoms with van der Waals surface area (Å²) in [5.41, 5.74) is 2.62. The number of piperazine rings is 1. The summed E-state index contributed by atoms with van der Waals surface area (Å²) in [5, 5.41) is 15.6. The summed E-state index contributed by atoms with van der Waals surface area (Å²) in [5.74, 6) is 0.0167. The van der Waals surface area contributed by atoms with Crippen LogP contribution in [0.25, 0.3) is 0 Å². The number of fused-ring (bicyclic) bond motifs is 1. The third kappa shape index (κ3) is 5.16. The van der Waals surface area contributed by atoms with Crippen LogP contribution in [0, 0.1) is 23.1 Å². The van der Waals surface area contributed by atoms with Crippen molar-refractivity contribution in [2.75, 3.05) is 44.6 Å². The first-order chi connectivity index (χ1) is 17.0. The average Bonchev–Trinajstić information content (AvgIpc) is 3.62. The minimum Gasteiger partial charge on any atom is -0.320 e. The molecule has 0 unspecified atom stereocenters. The van der Waals surface area contributed by atoms with Crippen LogP contribution in [-0.2, 0) is 5.41 Å². The number of nitrogens with one attached hydrogen (secondary N) is 2. The number of benzene rings is 2. The summed E-state index contributed by atoms with van der Waals surface area (Å²) < 4.78 is 13.6. The summed E-state index contributed by atoms with van der Waals surface area (Å²) in [6, 6.07) is 14.5. The lowest BCUT2D eigenvalue weighted by atomic mass is 9.80. The molecule has 0 spiro atoms. The van der Waals surface area contributed by atoms with Crippen LogP contribution in [0.3, 0.4) is 0 Å². The van der Waals surface area contributed by atoms with E-state index >= 15 is 0 Å². The molecule has 5 rings (SSSR count). The molecule has 2 amide bonds. The normalized spacial score (nSPS) is 25.9. The van der Waals surface area contributed by atoms with Crippen molar-refractivity contribution in [3.8, 4) is 6.07 Å². The standard InChI is InChI=1S/C27H31ClFN5O/c28-24-16-22(4-5-25(24)29)32-26(35)34(13-12-33-10-8-31-9-11-33)23-6-7-27(17-21(27)15-23)20-3-1-2-19(14-20)18-30/h1-5,14,16,21,23,31H,6-13,15,17H2,(H,32,35)/t21-,23+,27+/m1/s1. The second-order valence-corrected chi connectivity index (χ2v) is 10.4. The highest BCUT2D eigenvalue weighted by atomic mass is 35.5. The second kappa shape index (κ2) is 10.1. The van der Waals surface area contributed by atoms with E-state index in [9.17, 15) is 14.4 Å². The van der Waals surface area contributed by atoms with Gasteiger partial charge in [-0.25, -0.2) is 9.18 Å². The van der Waals surface area contributed by atoms with Crippen molar-refractivity contribution in [1.82, 2.24) is 15.1 Å². The van der Waals surface area contributed by atoms with Crippen LogP contribution in [0.15, 0.2) is 42.5 Å². The Hall–Kier alpha value is -2.66. The van der Waals surface area contributed by atoms with Crippen molar-refractivity contribution >= 4 is 23.3 Å². The van der Waals surface area contributed by atoms with Crippen molar-refractivity contribution in [2.24, 2.45) is 5.92 Å². The third-order valence-corrected chi connectivity index (χ3v) is 8.31. The van der Waals surface area contributed by atoms with Gasteiger partial charge in [-0.05, 0) is 72.9 Å². The molecule has 1 aliphatic heterocycles. The van der Waals surface area contributed by atoms with Gasteiger partial charge in [0.1, 0.15) is 5.82 Å². The van der Waals surface area contributed by atoms with Gasteiger partial charge in [-0.15, -0.1) is 0 Å². The molecule has 2 aromatic carbocycles. The van der Waals surface area contributed by atoms with Crippen LogP contribution in [0.1, 0.15) is 36.8 Å². The van der Waals surface area contributed by atoms with E-state index in [1.54, 1.807) is 6.07 Å². The summed E-state index contributed by atoms with van der Waals surface area (Å²) >= 11 is 5.94. The zero-order valence-corrected chi connectivity index (χ0v) is 20.5. The molecule has 1 saturated heterocycles. The van der Waals surface area contributed by atoms with E-state index in [1.807, 2.05) is 23.1 Å². The first kappa shape index (κ1) is 24.1. The number of urea groups is 1. The number of carbonyl (C=O) groups excluding carboxylic acids is 1. The number of hydrogen-bond acceptors (Lipinski definition) is 4. The topological polar surface area (TPSA) is 71.4 Å². The van der Waals surface area contributed by atoms with Crippen molar-refractivity contribution in [2.45, 2.75) is 37.1 Å². The van der Waals surface area contributed by atoms with Gasteiger partial charge in [-0.2, -0.15) is 5.26 Å². The predicted molar refractivity (Wildman–Crippen MR) is 135 cm³/mol. The Balaban J connectivity index is 1.29. The fourth-order valence-electron chi connectivity index (χ4n) is 5.95. The Morgan fingerprint density at radius 3 is 2.86 bits per heavy atom. The number of hydrogen-bond donors (Lipinski definition) is 2. The van der Waals surface area contributed by atoms with Gasteiger partial charge in [0.25, 0.3) is 0 Å². The molecule has 184 valence electrons. The molecular weight excluding hydrogens is 465 g/mol. The third-order valence-electron chi connectivity index (χ3n) is 8.02. The minimum atomic E-state index is -0.502. The molecule has 0 radical (unpaired) electrons. The average molecular weight is 496 g/mol. The first-order valence-electron chi connectivity index (χ1n) is 12.4. The molecular formula is C27H31ClFN5O. The molecule has 2 aromatic rings. The number of carbonyl (C=O) groups is 1. The Labute approximate surface area is 211 Å². The van der Waals surface area contributed by atoms with Gasteiger partial charge in [-0.1, -0.05) is 23.7 Å². The Kier molecular flexibility index (Phi) is 6.97. The zero-order chi connectivity index (χ0) is 24.4. The van der Waals surface area contributed by atoms with Crippen molar-refractivity contribution in [1.29, 1.82) is 5.26 Å². The number of nitriles is 1. The highest BCUT2D eigenvalue weighted by molar-refractivity contribution is 6.31. The number of halogens is 2. The van der Waals surface area contributed by atoms with Crippen LogP contribution < -0.4 is 10.6 Å². The van der Waals surface area contributed by atoms with E-state index < -0.39 is 5.82 Å². The maximum absolute atomic E-state index is 13.6. The molecule has 0 aromatic heterocycles. The number of rotatable bonds is 6. The quantitative estimate of drug-likeness (QED) is 0.614. The van der Waals surface area contributed by atoms with Crippen LogP contribution in [-0.4, -0.2) is 61.1 Å². The lowest BCUT2D eigenvalue weighted by Gasteiger charge is -2.38. The highest BCUT2D eigenvalue weighted by Gasteiger charge is 2.58. The van der Waals surface area contributed by atoms with E-state index in [-0.39, 0.29) is 22.5 Å². The van der Waals surface area contributed by atoms with Gasteiger partial charge in [0.15, 0.2) is 0 Å². The molecule has 2 saturated carbocycles. The lowest BCUT2D eigenvalue weighted by molar-refractivity contribution is 0.140. The molecule has 0 bridgehead atoms. The van der Waals surface area contributed by atoms with E-state index in [2.05, 4.69) is 27.7 Å². The van der Waals surface area contributed by atoms with Crippen LogP contribution in [0.5, 0.6) is 0 Å². The van der Waals surface area contributed by atoms with Crippen LogP contribution in [0.2, 0.25) is 5.02 Å². The highest BCUT2D eigenvalue weighted by Crippen LogP contribution is 2.62. The zero-order valence-electron chi connectivity index (χ0n) is 19.8. The molecule has 1 heterocycles. The first-order valence-corrected chi connectivity index (χ1v) is 12.8. The maximum Gasteiger partial charge on any atom is 0.322 e. The molecule has 3 fully saturated rings. The summed E-state index contributed by atoms with van der Waals surface area (Å²) in [7, 11) is 0. The monoisotopic (exact) mass is 495 g/mol. The van der Waals surface area contributed by atoms with Gasteiger partial charge in [0.2, 0.25) is 0 Å². The second-order valence-electron chi connectivity index (χ2n) is 10.0. The molecule has 6 nitrogen and oxygen atoms in total. The maximum atomic E-state index is 13.6. The van der Waals surface area contributed by atoms with Crippen molar-refractivity contribution < 1.29 is 9.18 Å². The fraction of sp³-hybridized carbons (Fsp3) is 0.481. The van der Waals surface area contributed by atoms with Gasteiger partial charge >= 0.3 is 6.03 Å². The fourth-order valence-corrected chi connectivity index (χ4v) is 6.13. The van der Waals surface area contributed by atoms with E-state index in [0.29, 0.717) is 23.7 Å². The van der Waals surface area contributed by atoms with Gasteiger partial charge in [0, 0.05) is 51.0 Å². The molecule has 3 atom stereocenters. The van der Waals surface area contributed by atoms with Crippen LogP contribution >= 0.6 is 11.6 Å². The summed E-state index contributed by atoms with van der Waals surface area (Å²) in [4.78, 5) is 17.8. The van der Waals surface area contributed by atoms with Crippen molar-refractivity contribution in [3.63, 3.8) is 0 Å². The lowest BCUT2D eigenvalue weighted by Crippen LogP contribution is -2.51. The Morgan fingerprint density at radius 2 is 2.11 bits per heavy atom. The smallest absolute Gasteiger partial charge is 0.320 e. The van der Waals surface area contributed by atoms with E-state index in [1.165, 1.54) is 17.7 Å². The summed E-state index contributed by atoms with van der Waals surface area (Å²) in [6.07, 6.45) is 4.00. The van der Waals surface area contributed by atoms with Crippen molar-refractivity contribution in [3.05, 3.63) is 64.4 Å². The molecule has 35 heavy (non-hydrogen) atoms. The number of nitrogens with zero attached hydrogens (tertiary/aromatic N) is 3. The molecule has 8 heteroatoms. The largest absolute Gasteiger partial charge is 0.322 e. The minimum absolute atomic E-state index is 0.00445. The molecule has 2 aliphatic carbocycles. The van der Waals surface area contributed by atoms with E-state index in [4.69, 9.17) is 11.6 Å². The SMILES string of the molecule is N#Cc1cccc([C@@]23CC[C@H](N(CCN4CCNCC4)C(=O)Nc4ccc(F)c(Cl)c4)C[C@@H]2C3)c1. The molecule has 2 N–H and O–H groups in total. The summed E-state index contributed by atoms with van der Waals surface area (Å²) in [6.45, 7) is 5.38.